The maximum atomic E-state index is 11.8. The van der Waals surface area contributed by atoms with E-state index in [1.165, 1.54) is 12.3 Å². The molecule has 100 valence electrons. The molecule has 0 atom stereocenters. The number of nitrogens with zero attached hydrogens (tertiary/aromatic N) is 2. The number of amides is 2. The molecule has 6 heteroatoms. The number of carboxylic acids is 1. The molecule has 0 spiro atoms. The molecule has 0 fully saturated rings. The molecule has 2 N–H and O–H groups in total. The summed E-state index contributed by atoms with van der Waals surface area (Å²) in [4.78, 5) is 28.0. The van der Waals surface area contributed by atoms with Gasteiger partial charge in [-0.25, -0.2) is 14.6 Å². The minimum Gasteiger partial charge on any atom is -0.477 e. The van der Waals surface area contributed by atoms with E-state index in [-0.39, 0.29) is 11.7 Å². The van der Waals surface area contributed by atoms with Gasteiger partial charge in [-0.1, -0.05) is 18.2 Å². The molecule has 0 aromatic carbocycles. The van der Waals surface area contributed by atoms with Gasteiger partial charge >= 0.3 is 12.0 Å². The maximum absolute atomic E-state index is 11.8. The lowest BCUT2D eigenvalue weighted by Gasteiger charge is -2.23. The number of carboxylic acid groups (broad SMARTS) is 1. The SMILES string of the molecule is O=C(O)c1ccc(CNC(=O)N2CC=CCC2)cn1. The Morgan fingerprint density at radius 3 is 2.79 bits per heavy atom. The van der Waals surface area contributed by atoms with Crippen LogP contribution in [0.25, 0.3) is 0 Å². The van der Waals surface area contributed by atoms with Crippen LogP contribution in [0.2, 0.25) is 0 Å². The molecule has 1 aliphatic heterocycles. The van der Waals surface area contributed by atoms with Gasteiger partial charge in [-0.05, 0) is 18.1 Å². The van der Waals surface area contributed by atoms with Crippen LogP contribution in [0.3, 0.4) is 0 Å². The Bertz CT molecular complexity index is 496. The summed E-state index contributed by atoms with van der Waals surface area (Å²) in [6.07, 6.45) is 6.35. The van der Waals surface area contributed by atoms with Gasteiger partial charge in [-0.2, -0.15) is 0 Å². The molecule has 1 aromatic rings. The number of hydrogen-bond acceptors (Lipinski definition) is 3. The average molecular weight is 261 g/mol. The Morgan fingerprint density at radius 2 is 2.21 bits per heavy atom. The van der Waals surface area contributed by atoms with E-state index >= 15 is 0 Å². The number of urea groups is 1. The topological polar surface area (TPSA) is 82.5 Å². The zero-order valence-corrected chi connectivity index (χ0v) is 10.4. The highest BCUT2D eigenvalue weighted by Crippen LogP contribution is 2.03. The molecule has 2 heterocycles. The maximum Gasteiger partial charge on any atom is 0.354 e. The van der Waals surface area contributed by atoms with Crippen molar-refractivity contribution in [3.05, 3.63) is 41.7 Å². The first-order valence-electron chi connectivity index (χ1n) is 6.03. The van der Waals surface area contributed by atoms with Crippen LogP contribution in [0, 0.1) is 0 Å². The van der Waals surface area contributed by atoms with Crippen LogP contribution in [0.1, 0.15) is 22.5 Å². The van der Waals surface area contributed by atoms with Gasteiger partial charge < -0.3 is 15.3 Å². The monoisotopic (exact) mass is 261 g/mol. The quantitative estimate of drug-likeness (QED) is 0.802. The molecule has 0 unspecified atom stereocenters. The molecule has 0 saturated heterocycles. The fraction of sp³-hybridized carbons (Fsp3) is 0.308. The number of rotatable bonds is 3. The van der Waals surface area contributed by atoms with Gasteiger partial charge in [0.1, 0.15) is 5.69 Å². The van der Waals surface area contributed by atoms with E-state index in [4.69, 9.17) is 5.11 Å². The first-order valence-corrected chi connectivity index (χ1v) is 6.03. The van der Waals surface area contributed by atoms with Crippen molar-refractivity contribution in [3.63, 3.8) is 0 Å². The van der Waals surface area contributed by atoms with E-state index in [1.807, 2.05) is 6.08 Å². The third-order valence-corrected chi connectivity index (χ3v) is 2.83. The van der Waals surface area contributed by atoms with Crippen LogP contribution in [-0.2, 0) is 6.54 Å². The van der Waals surface area contributed by atoms with Gasteiger partial charge in [0.25, 0.3) is 0 Å². The number of aromatic carboxylic acids is 1. The Balaban J connectivity index is 1.86. The van der Waals surface area contributed by atoms with Crippen molar-refractivity contribution in [2.24, 2.45) is 0 Å². The number of aromatic nitrogens is 1. The summed E-state index contributed by atoms with van der Waals surface area (Å²) in [5.74, 6) is -1.06. The van der Waals surface area contributed by atoms with Crippen LogP contribution < -0.4 is 5.32 Å². The highest BCUT2D eigenvalue weighted by molar-refractivity contribution is 5.85. The van der Waals surface area contributed by atoms with Crippen molar-refractivity contribution in [2.75, 3.05) is 13.1 Å². The standard InChI is InChI=1S/C13H15N3O3/c17-12(18)11-5-4-10(8-14-11)9-15-13(19)16-6-2-1-3-7-16/h1-2,4-5,8H,3,6-7,9H2,(H,15,19)(H,17,18). The first-order chi connectivity index (χ1) is 9.16. The van der Waals surface area contributed by atoms with Crippen LogP contribution in [0.15, 0.2) is 30.5 Å². The van der Waals surface area contributed by atoms with Crippen LogP contribution in [0.5, 0.6) is 0 Å². The van der Waals surface area contributed by atoms with E-state index in [9.17, 15) is 9.59 Å². The van der Waals surface area contributed by atoms with Crippen molar-refractivity contribution in [3.8, 4) is 0 Å². The van der Waals surface area contributed by atoms with Crippen molar-refractivity contribution in [1.29, 1.82) is 0 Å². The van der Waals surface area contributed by atoms with Crippen LogP contribution in [0.4, 0.5) is 4.79 Å². The summed E-state index contributed by atoms with van der Waals surface area (Å²) < 4.78 is 0. The molecule has 0 radical (unpaired) electrons. The van der Waals surface area contributed by atoms with Gasteiger partial charge in [-0.3, -0.25) is 0 Å². The first kappa shape index (κ1) is 13.1. The van der Waals surface area contributed by atoms with Crippen LogP contribution in [-0.4, -0.2) is 40.1 Å². The fourth-order valence-electron chi connectivity index (χ4n) is 1.77. The predicted molar refractivity (Wildman–Crippen MR) is 68.8 cm³/mol. The minimum absolute atomic E-state index is 0.00348. The Kier molecular flexibility index (Phi) is 4.12. The van der Waals surface area contributed by atoms with Gasteiger partial charge in [0.05, 0.1) is 0 Å². The minimum atomic E-state index is -1.06. The molecule has 19 heavy (non-hydrogen) atoms. The molecule has 1 aliphatic rings. The molecule has 6 nitrogen and oxygen atoms in total. The zero-order valence-electron chi connectivity index (χ0n) is 10.4. The Labute approximate surface area is 110 Å². The molecule has 2 amide bonds. The summed E-state index contributed by atoms with van der Waals surface area (Å²) in [6.45, 7) is 1.69. The van der Waals surface area contributed by atoms with Crippen LogP contribution >= 0.6 is 0 Å². The fourth-order valence-corrected chi connectivity index (χ4v) is 1.77. The molecule has 1 aromatic heterocycles. The molecule has 2 rings (SSSR count). The lowest BCUT2D eigenvalue weighted by Crippen LogP contribution is -2.41. The van der Waals surface area contributed by atoms with E-state index in [2.05, 4.69) is 16.4 Å². The van der Waals surface area contributed by atoms with Gasteiger partial charge in [0.15, 0.2) is 0 Å². The normalized spacial score (nSPS) is 14.2. The molecule has 0 bridgehead atoms. The van der Waals surface area contributed by atoms with Crippen molar-refractivity contribution in [1.82, 2.24) is 15.2 Å². The summed E-state index contributed by atoms with van der Waals surface area (Å²) >= 11 is 0. The van der Waals surface area contributed by atoms with Crippen molar-refractivity contribution < 1.29 is 14.7 Å². The Hall–Kier alpha value is -2.37. The highest BCUT2D eigenvalue weighted by atomic mass is 16.4. The smallest absolute Gasteiger partial charge is 0.354 e. The zero-order chi connectivity index (χ0) is 13.7. The third-order valence-electron chi connectivity index (χ3n) is 2.83. The number of carbonyl (C=O) groups excluding carboxylic acids is 1. The Morgan fingerprint density at radius 1 is 1.37 bits per heavy atom. The second kappa shape index (κ2) is 5.99. The molecule has 0 saturated carbocycles. The number of pyridine rings is 1. The molecule has 0 aliphatic carbocycles. The lowest BCUT2D eigenvalue weighted by atomic mass is 10.2. The number of carbonyl (C=O) groups is 2. The van der Waals surface area contributed by atoms with E-state index in [0.29, 0.717) is 13.1 Å². The second-order valence-electron chi connectivity index (χ2n) is 4.22. The largest absolute Gasteiger partial charge is 0.477 e. The average Bonchev–Trinajstić information content (AvgIpc) is 2.46. The second-order valence-corrected chi connectivity index (χ2v) is 4.22. The highest BCUT2D eigenvalue weighted by Gasteiger charge is 2.13. The predicted octanol–water partition coefficient (Wildman–Crippen LogP) is 1.25. The summed E-state index contributed by atoms with van der Waals surface area (Å²) in [5, 5.41) is 11.5. The summed E-state index contributed by atoms with van der Waals surface area (Å²) in [7, 11) is 0. The number of nitrogens with one attached hydrogen (secondary N) is 1. The van der Waals surface area contributed by atoms with E-state index < -0.39 is 5.97 Å². The van der Waals surface area contributed by atoms with Crippen molar-refractivity contribution >= 4 is 12.0 Å². The lowest BCUT2D eigenvalue weighted by molar-refractivity contribution is 0.0690. The van der Waals surface area contributed by atoms with Gasteiger partial charge in [-0.15, -0.1) is 0 Å². The number of hydrogen-bond donors (Lipinski definition) is 2. The third kappa shape index (κ3) is 3.54. The van der Waals surface area contributed by atoms with Crippen molar-refractivity contribution in [2.45, 2.75) is 13.0 Å². The summed E-state index contributed by atoms with van der Waals surface area (Å²) in [6, 6.07) is 2.95. The summed E-state index contributed by atoms with van der Waals surface area (Å²) in [5.41, 5.74) is 0.766. The van der Waals surface area contributed by atoms with Gasteiger partial charge in [0, 0.05) is 25.8 Å². The van der Waals surface area contributed by atoms with E-state index in [1.54, 1.807) is 11.0 Å². The molecular formula is C13H15N3O3. The van der Waals surface area contributed by atoms with Gasteiger partial charge in [0.2, 0.25) is 0 Å². The van der Waals surface area contributed by atoms with E-state index in [0.717, 1.165) is 18.5 Å². The molecular weight excluding hydrogens is 246 g/mol.